The maximum absolute atomic E-state index is 12.4. The van der Waals surface area contributed by atoms with Gasteiger partial charge in [-0.3, -0.25) is 4.79 Å². The fraction of sp³-hybridized carbons (Fsp3) is 0.562. The molecule has 4 nitrogen and oxygen atoms in total. The van der Waals surface area contributed by atoms with Crippen molar-refractivity contribution in [3.05, 3.63) is 35.4 Å². The van der Waals surface area contributed by atoms with Crippen molar-refractivity contribution < 1.29 is 14.6 Å². The highest BCUT2D eigenvalue weighted by molar-refractivity contribution is 5.84. The molecule has 2 saturated heterocycles. The smallest absolute Gasteiger partial charge is 0.226 e. The largest absolute Gasteiger partial charge is 0.390 e. The van der Waals surface area contributed by atoms with Crippen LogP contribution in [0.4, 0.5) is 0 Å². The Balaban J connectivity index is 1.71. The van der Waals surface area contributed by atoms with Crippen LogP contribution < -0.4 is 5.32 Å². The molecule has 2 aliphatic heterocycles. The number of hydrogen-bond donors (Lipinski definition) is 2. The lowest BCUT2D eigenvalue weighted by Gasteiger charge is -2.30. The lowest BCUT2D eigenvalue weighted by Crippen LogP contribution is -2.45. The van der Waals surface area contributed by atoms with Gasteiger partial charge in [-0.15, -0.1) is 0 Å². The van der Waals surface area contributed by atoms with Crippen molar-refractivity contribution in [2.45, 2.75) is 31.3 Å². The topological polar surface area (TPSA) is 58.6 Å². The molecule has 0 spiro atoms. The summed E-state index contributed by atoms with van der Waals surface area (Å²) in [5.41, 5.74) is 1.49. The third-order valence-corrected chi connectivity index (χ3v) is 5.90. The van der Waals surface area contributed by atoms with Crippen LogP contribution in [0.25, 0.3) is 0 Å². The number of carbonyl (C=O) groups is 1. The maximum Gasteiger partial charge on any atom is 0.226 e. The summed E-state index contributed by atoms with van der Waals surface area (Å²) in [7, 11) is 0. The van der Waals surface area contributed by atoms with Crippen molar-refractivity contribution in [1.29, 1.82) is 0 Å². The first-order valence-electron chi connectivity index (χ1n) is 7.37. The van der Waals surface area contributed by atoms with Crippen LogP contribution in [0, 0.1) is 30.6 Å². The molecule has 1 amide bonds. The van der Waals surface area contributed by atoms with Crippen molar-refractivity contribution in [3.63, 3.8) is 0 Å². The van der Waals surface area contributed by atoms with Crippen LogP contribution in [-0.2, 0) is 15.3 Å². The van der Waals surface area contributed by atoms with Gasteiger partial charge in [0, 0.05) is 11.5 Å². The van der Waals surface area contributed by atoms with E-state index in [0.717, 1.165) is 17.5 Å². The van der Waals surface area contributed by atoms with Gasteiger partial charge in [0.1, 0.15) is 0 Å². The Hall–Kier alpha value is -1.39. The second kappa shape index (κ2) is 3.26. The Morgan fingerprint density at radius 3 is 3.05 bits per heavy atom. The standard InChI is InChI=1S/C16H17NO3/c1-7-3-2-4-8(5-7)16-12-10-6-9(11(12)15(19)17-16)13(18)14(10)20-16/h2-5,9-14,18H,6H2,1H3,(H,17,19)/t9-,10-,11-,12+,13-,14+,16+/m1/s1. The van der Waals surface area contributed by atoms with E-state index in [0.29, 0.717) is 5.92 Å². The van der Waals surface area contributed by atoms with Crippen molar-refractivity contribution in [2.24, 2.45) is 23.7 Å². The van der Waals surface area contributed by atoms with E-state index in [1.807, 2.05) is 25.1 Å². The van der Waals surface area contributed by atoms with Gasteiger partial charge in [0.05, 0.1) is 18.1 Å². The van der Waals surface area contributed by atoms with Gasteiger partial charge in [0.15, 0.2) is 5.72 Å². The summed E-state index contributed by atoms with van der Waals surface area (Å²) in [6, 6.07) is 8.17. The second-order valence-corrected chi connectivity index (χ2v) is 6.78. The third kappa shape index (κ3) is 1.03. The van der Waals surface area contributed by atoms with Gasteiger partial charge in [0.25, 0.3) is 0 Å². The van der Waals surface area contributed by atoms with E-state index in [2.05, 4.69) is 11.4 Å². The summed E-state index contributed by atoms with van der Waals surface area (Å²) in [5, 5.41) is 13.5. The molecule has 7 atom stereocenters. The molecule has 0 radical (unpaired) electrons. The van der Waals surface area contributed by atoms with Gasteiger partial charge in [0.2, 0.25) is 5.91 Å². The number of hydrogen-bond acceptors (Lipinski definition) is 3. The highest BCUT2D eigenvalue weighted by atomic mass is 16.5. The molecular weight excluding hydrogens is 254 g/mol. The number of rotatable bonds is 1. The fourth-order valence-corrected chi connectivity index (χ4v) is 5.28. The zero-order valence-electron chi connectivity index (χ0n) is 11.2. The zero-order valence-corrected chi connectivity index (χ0v) is 11.2. The molecule has 4 heteroatoms. The normalized spacial score (nSPS) is 50.8. The summed E-state index contributed by atoms with van der Waals surface area (Å²) in [6.07, 6.45) is 0.351. The molecule has 20 heavy (non-hydrogen) atoms. The summed E-state index contributed by atoms with van der Waals surface area (Å²) < 4.78 is 6.26. The highest BCUT2D eigenvalue weighted by Crippen LogP contribution is 2.67. The number of ether oxygens (including phenoxy) is 1. The van der Waals surface area contributed by atoms with Crippen LogP contribution >= 0.6 is 0 Å². The minimum atomic E-state index is -0.699. The second-order valence-electron chi connectivity index (χ2n) is 6.78. The molecular formula is C16H17NO3. The first kappa shape index (κ1) is 11.3. The van der Waals surface area contributed by atoms with E-state index in [1.165, 1.54) is 0 Å². The van der Waals surface area contributed by atoms with E-state index in [4.69, 9.17) is 4.74 Å². The van der Waals surface area contributed by atoms with Gasteiger partial charge in [-0.05, 0) is 25.2 Å². The number of aliphatic hydroxyl groups excluding tert-OH is 1. The van der Waals surface area contributed by atoms with E-state index in [1.54, 1.807) is 0 Å². The lowest BCUT2D eigenvalue weighted by molar-refractivity contribution is -0.141. The van der Waals surface area contributed by atoms with Crippen LogP contribution in [0.3, 0.4) is 0 Å². The maximum atomic E-state index is 12.4. The number of aliphatic hydroxyl groups is 1. The van der Waals surface area contributed by atoms with Crippen molar-refractivity contribution in [2.75, 3.05) is 0 Å². The fourth-order valence-electron chi connectivity index (χ4n) is 5.28. The Bertz CT molecular complexity index is 630. The van der Waals surface area contributed by atoms with E-state index < -0.39 is 11.8 Å². The molecule has 2 saturated carbocycles. The van der Waals surface area contributed by atoms with Gasteiger partial charge < -0.3 is 15.2 Å². The molecule has 0 unspecified atom stereocenters. The number of amides is 1. The minimum Gasteiger partial charge on any atom is -0.390 e. The number of benzene rings is 1. The summed E-state index contributed by atoms with van der Waals surface area (Å²) >= 11 is 0. The Morgan fingerprint density at radius 2 is 2.25 bits per heavy atom. The van der Waals surface area contributed by atoms with E-state index in [-0.39, 0.29) is 29.8 Å². The van der Waals surface area contributed by atoms with Crippen LogP contribution in [-0.4, -0.2) is 23.2 Å². The molecule has 2 heterocycles. The number of nitrogens with one attached hydrogen (secondary N) is 1. The summed E-state index contributed by atoms with van der Waals surface area (Å²) in [4.78, 5) is 12.4. The van der Waals surface area contributed by atoms with E-state index in [9.17, 15) is 9.90 Å². The van der Waals surface area contributed by atoms with Crippen molar-refractivity contribution in [1.82, 2.24) is 5.32 Å². The Morgan fingerprint density at radius 1 is 1.40 bits per heavy atom. The lowest BCUT2D eigenvalue weighted by atomic mass is 9.75. The SMILES string of the molecule is Cc1cccc([C@]23NC(=O)[C@@H]4[C@H]5C[C@@H]([C@H](O2)[C@@H]5O)[C@@H]43)c1. The molecule has 2 N–H and O–H groups in total. The zero-order chi connectivity index (χ0) is 13.6. The summed E-state index contributed by atoms with van der Waals surface area (Å²) in [6.45, 7) is 2.05. The average molecular weight is 271 g/mol. The molecule has 104 valence electrons. The predicted octanol–water partition coefficient (Wildman–Crippen LogP) is 0.919. The predicted molar refractivity (Wildman–Crippen MR) is 70.5 cm³/mol. The molecule has 2 aliphatic carbocycles. The Labute approximate surface area is 117 Å². The molecule has 0 aromatic heterocycles. The van der Waals surface area contributed by atoms with Crippen molar-refractivity contribution >= 4 is 5.91 Å². The highest BCUT2D eigenvalue weighted by Gasteiger charge is 2.76. The number of fused-ring (bicyclic) bond motifs is 2. The minimum absolute atomic E-state index is 0.0567. The monoisotopic (exact) mass is 271 g/mol. The summed E-state index contributed by atoms with van der Waals surface area (Å²) in [5.74, 6) is 0.578. The quantitative estimate of drug-likeness (QED) is 0.798. The van der Waals surface area contributed by atoms with Crippen LogP contribution in [0.15, 0.2) is 24.3 Å². The third-order valence-electron chi connectivity index (χ3n) is 5.90. The first-order valence-corrected chi connectivity index (χ1v) is 7.37. The molecule has 1 aromatic carbocycles. The molecule has 4 fully saturated rings. The first-order chi connectivity index (χ1) is 9.62. The van der Waals surface area contributed by atoms with Crippen molar-refractivity contribution in [3.8, 4) is 0 Å². The van der Waals surface area contributed by atoms with Gasteiger partial charge in [-0.2, -0.15) is 0 Å². The van der Waals surface area contributed by atoms with Crippen LogP contribution in [0.5, 0.6) is 0 Å². The average Bonchev–Trinajstić information content (AvgIpc) is 3.07. The molecule has 4 aliphatic rings. The molecule has 1 aromatic rings. The van der Waals surface area contributed by atoms with Gasteiger partial charge in [-0.25, -0.2) is 0 Å². The Kier molecular flexibility index (Phi) is 1.84. The van der Waals surface area contributed by atoms with E-state index >= 15 is 0 Å². The molecule has 5 rings (SSSR count). The van der Waals surface area contributed by atoms with Gasteiger partial charge >= 0.3 is 0 Å². The van der Waals surface area contributed by atoms with Crippen LogP contribution in [0.1, 0.15) is 17.5 Å². The number of aryl methyl sites for hydroxylation is 1. The van der Waals surface area contributed by atoms with Gasteiger partial charge in [-0.1, -0.05) is 29.8 Å². The van der Waals surface area contributed by atoms with Crippen LogP contribution in [0.2, 0.25) is 0 Å². The molecule has 2 bridgehead atoms. The number of carbonyl (C=O) groups excluding carboxylic acids is 1.